The summed E-state index contributed by atoms with van der Waals surface area (Å²) in [4.78, 5) is 12.8. The molecule has 0 spiro atoms. The van der Waals surface area contributed by atoms with Gasteiger partial charge in [-0.05, 0) is 66.6 Å². The number of aryl methyl sites for hydroxylation is 1. The van der Waals surface area contributed by atoms with Gasteiger partial charge in [0.1, 0.15) is 0 Å². The third-order valence-electron chi connectivity index (χ3n) is 5.48. The van der Waals surface area contributed by atoms with E-state index in [4.69, 9.17) is 0 Å². The van der Waals surface area contributed by atoms with E-state index in [1.165, 1.54) is 22.4 Å². The molecule has 28 heavy (non-hydrogen) atoms. The zero-order chi connectivity index (χ0) is 20.0. The molecule has 0 fully saturated rings. The first-order valence-electron chi connectivity index (χ1n) is 9.34. The van der Waals surface area contributed by atoms with Gasteiger partial charge in [-0.15, -0.1) is 0 Å². The number of carbonyl (C=O) groups is 1. The normalized spacial score (nSPS) is 12.5. The smallest absolute Gasteiger partial charge is 0.307 e. The van der Waals surface area contributed by atoms with Crippen molar-refractivity contribution in [2.75, 3.05) is 11.4 Å². The van der Waals surface area contributed by atoms with Crippen LogP contribution in [-0.2, 0) is 11.2 Å². The second-order valence-electron chi connectivity index (χ2n) is 7.35. The Balaban J connectivity index is 2.08. The van der Waals surface area contributed by atoms with E-state index in [-0.39, 0.29) is 6.42 Å². The van der Waals surface area contributed by atoms with Gasteiger partial charge in [-0.25, -0.2) is 0 Å². The minimum absolute atomic E-state index is 0.0229. The number of rotatable bonds is 3. The fraction of sp³-hybridized carbons (Fsp3) is 0.208. The summed E-state index contributed by atoms with van der Waals surface area (Å²) in [5, 5.41) is 9.59. The van der Waals surface area contributed by atoms with E-state index in [9.17, 15) is 9.90 Å². The molecule has 0 saturated carbocycles. The van der Waals surface area contributed by atoms with Crippen LogP contribution in [0.3, 0.4) is 0 Å². The van der Waals surface area contributed by atoms with Gasteiger partial charge in [0.05, 0.1) is 12.1 Å². The zero-order valence-corrected chi connectivity index (χ0v) is 17.4. The largest absolute Gasteiger partial charge is 0.481 e. The standard InChI is InChI=1S/C24H23NO2S/c1-14-9-11-17(12-10-14)22-16(3)23-18-7-5-6-8-20(18)25(4)28-24(23)15(2)19(22)13-21(26)27/h5-12H,13H2,1-4H3,(H,26,27). The molecule has 0 aromatic heterocycles. The van der Waals surface area contributed by atoms with Gasteiger partial charge in [0.25, 0.3) is 0 Å². The quantitative estimate of drug-likeness (QED) is 0.555. The summed E-state index contributed by atoms with van der Waals surface area (Å²) in [5.41, 5.74) is 10.1. The van der Waals surface area contributed by atoms with Gasteiger partial charge in [-0.2, -0.15) is 0 Å². The Labute approximate surface area is 170 Å². The number of fused-ring (bicyclic) bond motifs is 3. The van der Waals surface area contributed by atoms with Crippen LogP contribution in [0.5, 0.6) is 0 Å². The fourth-order valence-corrected chi connectivity index (χ4v) is 5.25. The Morgan fingerprint density at radius 2 is 1.64 bits per heavy atom. The van der Waals surface area contributed by atoms with Crippen LogP contribution in [0.4, 0.5) is 5.69 Å². The van der Waals surface area contributed by atoms with Gasteiger partial charge < -0.3 is 9.41 Å². The Bertz CT molecular complexity index is 1090. The average Bonchev–Trinajstić information content (AvgIpc) is 2.67. The third kappa shape index (κ3) is 2.98. The predicted octanol–water partition coefficient (Wildman–Crippen LogP) is 6.03. The van der Waals surface area contributed by atoms with Crippen LogP contribution >= 0.6 is 11.9 Å². The molecule has 0 aliphatic carbocycles. The predicted molar refractivity (Wildman–Crippen MR) is 117 cm³/mol. The molecule has 0 atom stereocenters. The Hall–Kier alpha value is -2.72. The minimum Gasteiger partial charge on any atom is -0.481 e. The summed E-state index contributed by atoms with van der Waals surface area (Å²) in [6.07, 6.45) is 0.0229. The molecule has 3 aromatic rings. The van der Waals surface area contributed by atoms with Crippen molar-refractivity contribution in [3.63, 3.8) is 0 Å². The third-order valence-corrected chi connectivity index (χ3v) is 6.64. The summed E-state index contributed by atoms with van der Waals surface area (Å²) in [7, 11) is 2.06. The number of nitrogens with zero attached hydrogens (tertiary/aromatic N) is 1. The molecule has 0 amide bonds. The second-order valence-corrected chi connectivity index (χ2v) is 8.49. The second kappa shape index (κ2) is 7.02. The summed E-state index contributed by atoms with van der Waals surface area (Å²) < 4.78 is 2.17. The number of benzene rings is 3. The van der Waals surface area contributed by atoms with E-state index in [0.29, 0.717) is 0 Å². The lowest BCUT2D eigenvalue weighted by molar-refractivity contribution is -0.136. The number of anilines is 1. The van der Waals surface area contributed by atoms with Crippen LogP contribution in [0.25, 0.3) is 22.3 Å². The zero-order valence-electron chi connectivity index (χ0n) is 16.5. The van der Waals surface area contributed by atoms with E-state index in [2.05, 4.69) is 80.7 Å². The van der Waals surface area contributed by atoms with E-state index in [1.54, 1.807) is 11.9 Å². The van der Waals surface area contributed by atoms with Gasteiger partial charge in [0, 0.05) is 23.1 Å². The Morgan fingerprint density at radius 3 is 2.32 bits per heavy atom. The number of hydrogen-bond donors (Lipinski definition) is 1. The van der Waals surface area contributed by atoms with Crippen molar-refractivity contribution in [2.24, 2.45) is 0 Å². The maximum atomic E-state index is 11.7. The summed E-state index contributed by atoms with van der Waals surface area (Å²) >= 11 is 1.68. The van der Waals surface area contributed by atoms with Crippen LogP contribution in [0.15, 0.2) is 53.4 Å². The van der Waals surface area contributed by atoms with E-state index in [0.717, 1.165) is 32.7 Å². The molecule has 142 valence electrons. The molecule has 1 heterocycles. The highest BCUT2D eigenvalue weighted by Gasteiger charge is 2.28. The molecule has 0 bridgehead atoms. The fourth-order valence-electron chi connectivity index (χ4n) is 4.10. The van der Waals surface area contributed by atoms with E-state index >= 15 is 0 Å². The Morgan fingerprint density at radius 1 is 0.964 bits per heavy atom. The monoisotopic (exact) mass is 389 g/mol. The highest BCUT2D eigenvalue weighted by atomic mass is 32.2. The molecule has 1 N–H and O–H groups in total. The molecule has 3 aromatic carbocycles. The molecular formula is C24H23NO2S. The van der Waals surface area contributed by atoms with Gasteiger partial charge in [-0.1, -0.05) is 48.0 Å². The van der Waals surface area contributed by atoms with Crippen LogP contribution in [0, 0.1) is 20.8 Å². The van der Waals surface area contributed by atoms with Gasteiger partial charge in [0.15, 0.2) is 0 Å². The van der Waals surface area contributed by atoms with Crippen molar-refractivity contribution >= 4 is 23.6 Å². The highest BCUT2D eigenvalue weighted by Crippen LogP contribution is 2.51. The number of aliphatic carboxylic acids is 1. The molecule has 4 rings (SSSR count). The van der Waals surface area contributed by atoms with Gasteiger partial charge in [-0.3, -0.25) is 4.79 Å². The molecule has 0 radical (unpaired) electrons. The van der Waals surface area contributed by atoms with Crippen molar-refractivity contribution in [2.45, 2.75) is 32.1 Å². The molecule has 0 saturated heterocycles. The Kier molecular flexibility index (Phi) is 4.68. The maximum Gasteiger partial charge on any atom is 0.307 e. The van der Waals surface area contributed by atoms with Crippen molar-refractivity contribution in [1.82, 2.24) is 0 Å². The molecule has 1 aliphatic rings. The molecule has 0 unspecified atom stereocenters. The number of hydrogen-bond acceptors (Lipinski definition) is 3. The molecular weight excluding hydrogens is 366 g/mol. The van der Waals surface area contributed by atoms with Crippen molar-refractivity contribution < 1.29 is 9.90 Å². The SMILES string of the molecule is Cc1ccc(-c2c(C)c3c(c(C)c2CC(=O)O)SN(C)c2ccccc2-3)cc1. The topological polar surface area (TPSA) is 40.5 Å². The highest BCUT2D eigenvalue weighted by molar-refractivity contribution is 8.01. The first kappa shape index (κ1) is 18.6. The van der Waals surface area contributed by atoms with Gasteiger partial charge >= 0.3 is 5.97 Å². The molecule has 4 heteroatoms. The van der Waals surface area contributed by atoms with E-state index < -0.39 is 5.97 Å². The number of para-hydroxylation sites is 1. The molecule has 3 nitrogen and oxygen atoms in total. The lowest BCUT2D eigenvalue weighted by Gasteiger charge is -2.32. The lowest BCUT2D eigenvalue weighted by atomic mass is 9.84. The van der Waals surface area contributed by atoms with Gasteiger partial charge in [0.2, 0.25) is 0 Å². The molecule has 1 aliphatic heterocycles. The number of carboxylic acids is 1. The van der Waals surface area contributed by atoms with E-state index in [1.807, 2.05) is 0 Å². The minimum atomic E-state index is -0.801. The lowest BCUT2D eigenvalue weighted by Crippen LogP contribution is -2.16. The number of carboxylic acid groups (broad SMARTS) is 1. The summed E-state index contributed by atoms with van der Waals surface area (Å²) in [6, 6.07) is 16.8. The summed E-state index contributed by atoms with van der Waals surface area (Å²) in [6.45, 7) is 6.25. The van der Waals surface area contributed by atoms with Crippen LogP contribution in [-0.4, -0.2) is 18.1 Å². The van der Waals surface area contributed by atoms with Crippen molar-refractivity contribution in [3.05, 3.63) is 70.8 Å². The average molecular weight is 390 g/mol. The van der Waals surface area contributed by atoms with Crippen molar-refractivity contribution in [1.29, 1.82) is 0 Å². The maximum absolute atomic E-state index is 11.7. The van der Waals surface area contributed by atoms with Crippen LogP contribution < -0.4 is 4.31 Å². The van der Waals surface area contributed by atoms with Crippen LogP contribution in [0.1, 0.15) is 22.3 Å². The van der Waals surface area contributed by atoms with Crippen LogP contribution in [0.2, 0.25) is 0 Å². The summed E-state index contributed by atoms with van der Waals surface area (Å²) in [5.74, 6) is -0.801. The first-order chi connectivity index (χ1) is 13.4. The van der Waals surface area contributed by atoms with Crippen molar-refractivity contribution in [3.8, 4) is 22.3 Å². The first-order valence-corrected chi connectivity index (χ1v) is 10.1.